The number of carbonyl (C=O) groups is 1. The first-order chi connectivity index (χ1) is 9.45. The number of carboxylic acid groups (broad SMARTS) is 1. The normalized spacial score (nSPS) is 28.7. The summed E-state index contributed by atoms with van der Waals surface area (Å²) < 4.78 is 32.5. The molecule has 2 N–H and O–H groups in total. The van der Waals surface area contributed by atoms with Gasteiger partial charge in [-0.15, -0.1) is 0 Å². The highest BCUT2D eigenvalue weighted by atomic mass is 32.2. The fraction of sp³-hybridized carbons (Fsp3) is 0.500. The van der Waals surface area contributed by atoms with Crippen LogP contribution in [-0.2, 0) is 14.8 Å². The summed E-state index contributed by atoms with van der Waals surface area (Å²) in [5, 5.41) is 8.58. The number of carboxylic acids is 1. The van der Waals surface area contributed by atoms with Crippen LogP contribution in [0.15, 0.2) is 23.4 Å². The van der Waals surface area contributed by atoms with Crippen molar-refractivity contribution in [3.63, 3.8) is 0 Å². The van der Waals surface area contributed by atoms with Crippen molar-refractivity contribution in [1.29, 1.82) is 0 Å². The number of fused-ring (bicyclic) bond motifs is 2. The van der Waals surface area contributed by atoms with E-state index in [2.05, 4.69) is 9.71 Å². The number of pyridine rings is 1. The molecule has 2 fully saturated rings. The molecule has 2 aliphatic heterocycles. The maximum Gasteiger partial charge on any atom is 0.337 e. The highest BCUT2D eigenvalue weighted by molar-refractivity contribution is 7.89. The van der Waals surface area contributed by atoms with E-state index in [1.54, 1.807) is 0 Å². The lowest BCUT2D eigenvalue weighted by Gasteiger charge is -2.19. The van der Waals surface area contributed by atoms with Gasteiger partial charge in [0.1, 0.15) is 0 Å². The monoisotopic (exact) mass is 298 g/mol. The number of ether oxygens (including phenoxy) is 1. The Morgan fingerprint density at radius 2 is 2.20 bits per heavy atom. The first-order valence-corrected chi connectivity index (χ1v) is 7.81. The van der Waals surface area contributed by atoms with Gasteiger partial charge in [-0.3, -0.25) is 0 Å². The maximum atomic E-state index is 12.2. The van der Waals surface area contributed by atoms with Crippen LogP contribution in [0.3, 0.4) is 0 Å². The van der Waals surface area contributed by atoms with Crippen LogP contribution in [-0.4, -0.2) is 42.7 Å². The van der Waals surface area contributed by atoms with E-state index < -0.39 is 16.0 Å². The molecule has 0 spiro atoms. The summed E-state index contributed by atoms with van der Waals surface area (Å²) in [5.41, 5.74) is -0.0489. The number of aromatic carboxylic acids is 1. The number of hydrogen-bond acceptors (Lipinski definition) is 5. The predicted molar refractivity (Wildman–Crippen MR) is 67.8 cm³/mol. The lowest BCUT2D eigenvalue weighted by Crippen LogP contribution is -2.41. The molecule has 3 rings (SSSR count). The fourth-order valence-corrected chi connectivity index (χ4v) is 3.89. The minimum Gasteiger partial charge on any atom is -0.478 e. The number of sulfonamides is 1. The molecule has 3 atom stereocenters. The Bertz CT molecular complexity index is 628. The molecule has 1 aromatic heterocycles. The van der Waals surface area contributed by atoms with Gasteiger partial charge in [-0.1, -0.05) is 0 Å². The summed E-state index contributed by atoms with van der Waals surface area (Å²) >= 11 is 0. The molecular weight excluding hydrogens is 284 g/mol. The third-order valence-electron chi connectivity index (χ3n) is 3.67. The number of hydrogen-bond donors (Lipinski definition) is 2. The van der Waals surface area contributed by atoms with Crippen LogP contribution < -0.4 is 4.72 Å². The summed E-state index contributed by atoms with van der Waals surface area (Å²) in [6.45, 7) is 0. The van der Waals surface area contributed by atoms with Crippen molar-refractivity contribution in [2.24, 2.45) is 0 Å². The lowest BCUT2D eigenvalue weighted by atomic mass is 9.96. The van der Waals surface area contributed by atoms with Crippen molar-refractivity contribution in [2.75, 3.05) is 0 Å². The molecule has 3 heterocycles. The summed E-state index contributed by atoms with van der Waals surface area (Å²) in [6.07, 6.45) is 3.64. The van der Waals surface area contributed by atoms with Gasteiger partial charge in [0, 0.05) is 6.20 Å². The van der Waals surface area contributed by atoms with Crippen LogP contribution in [0, 0.1) is 0 Å². The van der Waals surface area contributed by atoms with Gasteiger partial charge in [-0.05, 0) is 31.4 Å². The topological polar surface area (TPSA) is 106 Å². The Morgan fingerprint density at radius 1 is 1.40 bits per heavy atom. The fourth-order valence-electron chi connectivity index (χ4n) is 2.69. The largest absolute Gasteiger partial charge is 0.478 e. The van der Waals surface area contributed by atoms with E-state index in [1.807, 2.05) is 0 Å². The van der Waals surface area contributed by atoms with Crippen molar-refractivity contribution < 1.29 is 23.1 Å². The van der Waals surface area contributed by atoms with Crippen LogP contribution in [0.4, 0.5) is 0 Å². The molecular formula is C12H14N2O5S. The highest BCUT2D eigenvalue weighted by Gasteiger charge is 2.42. The average molecular weight is 298 g/mol. The van der Waals surface area contributed by atoms with E-state index in [0.717, 1.165) is 19.0 Å². The maximum absolute atomic E-state index is 12.2. The molecule has 2 saturated heterocycles. The third kappa shape index (κ3) is 2.41. The molecule has 8 heteroatoms. The minimum atomic E-state index is -3.74. The molecule has 108 valence electrons. The molecule has 7 nitrogen and oxygen atoms in total. The van der Waals surface area contributed by atoms with Gasteiger partial charge in [0.05, 0.1) is 23.8 Å². The molecule has 0 aromatic carbocycles. The van der Waals surface area contributed by atoms with E-state index in [9.17, 15) is 13.2 Å². The zero-order chi connectivity index (χ0) is 14.3. The molecule has 0 saturated carbocycles. The minimum absolute atomic E-state index is 0.0489. The lowest BCUT2D eigenvalue weighted by molar-refractivity contribution is 0.0696. The van der Waals surface area contributed by atoms with Gasteiger partial charge in [0.2, 0.25) is 0 Å². The zero-order valence-electron chi connectivity index (χ0n) is 10.5. The van der Waals surface area contributed by atoms with Crippen LogP contribution in [0.2, 0.25) is 0 Å². The molecule has 2 aliphatic rings. The molecule has 0 amide bonds. The number of rotatable bonds is 4. The summed E-state index contributed by atoms with van der Waals surface area (Å²) in [5.74, 6) is -1.14. The predicted octanol–water partition coefficient (Wildman–Crippen LogP) is 0.378. The van der Waals surface area contributed by atoms with Crippen LogP contribution in [0.5, 0.6) is 0 Å². The first-order valence-electron chi connectivity index (χ1n) is 6.33. The van der Waals surface area contributed by atoms with Gasteiger partial charge in [-0.2, -0.15) is 0 Å². The van der Waals surface area contributed by atoms with E-state index in [-0.39, 0.29) is 28.8 Å². The van der Waals surface area contributed by atoms with Crippen molar-refractivity contribution in [1.82, 2.24) is 9.71 Å². The van der Waals surface area contributed by atoms with Crippen LogP contribution in [0.25, 0.3) is 0 Å². The molecule has 2 bridgehead atoms. The van der Waals surface area contributed by atoms with Crippen molar-refractivity contribution in [2.45, 2.75) is 42.5 Å². The highest BCUT2D eigenvalue weighted by Crippen LogP contribution is 2.34. The van der Waals surface area contributed by atoms with Crippen molar-refractivity contribution >= 4 is 16.0 Å². The SMILES string of the molecule is O=C(O)c1ccc(S(=O)(=O)NC2CC3CCC2O3)nc1. The standard InChI is InChI=1S/C12H14N2O5S/c15-12(16)7-1-4-11(13-6-7)20(17,18)14-9-5-8-2-3-10(9)19-8/h1,4,6,8-10,14H,2-3,5H2,(H,15,16). The number of aromatic nitrogens is 1. The van der Waals surface area contributed by atoms with E-state index in [0.29, 0.717) is 6.42 Å². The molecule has 20 heavy (non-hydrogen) atoms. The molecule has 0 aliphatic carbocycles. The van der Waals surface area contributed by atoms with Gasteiger partial charge in [-0.25, -0.2) is 22.9 Å². The summed E-state index contributed by atoms with van der Waals surface area (Å²) in [4.78, 5) is 14.4. The van der Waals surface area contributed by atoms with Crippen molar-refractivity contribution in [3.05, 3.63) is 23.9 Å². The third-order valence-corrected chi connectivity index (χ3v) is 5.08. The second-order valence-electron chi connectivity index (χ2n) is 5.03. The van der Waals surface area contributed by atoms with Crippen LogP contribution >= 0.6 is 0 Å². The molecule has 0 radical (unpaired) electrons. The smallest absolute Gasteiger partial charge is 0.337 e. The Morgan fingerprint density at radius 3 is 2.70 bits per heavy atom. The number of nitrogens with zero attached hydrogens (tertiary/aromatic N) is 1. The van der Waals surface area contributed by atoms with Gasteiger partial charge >= 0.3 is 5.97 Å². The second-order valence-corrected chi connectivity index (χ2v) is 6.69. The van der Waals surface area contributed by atoms with E-state index >= 15 is 0 Å². The Balaban J connectivity index is 1.76. The van der Waals surface area contributed by atoms with E-state index in [1.165, 1.54) is 12.1 Å². The second kappa shape index (κ2) is 4.80. The van der Waals surface area contributed by atoms with Gasteiger partial charge in [0.25, 0.3) is 10.0 Å². The Hall–Kier alpha value is -1.51. The Kier molecular flexibility index (Phi) is 3.23. The quantitative estimate of drug-likeness (QED) is 0.832. The van der Waals surface area contributed by atoms with Gasteiger partial charge < -0.3 is 9.84 Å². The first kappa shape index (κ1) is 13.5. The van der Waals surface area contributed by atoms with Crippen molar-refractivity contribution in [3.8, 4) is 0 Å². The summed E-state index contributed by atoms with van der Waals surface area (Å²) in [7, 11) is -3.74. The summed E-state index contributed by atoms with van der Waals surface area (Å²) in [6, 6.07) is 2.20. The Labute approximate surface area is 116 Å². The van der Waals surface area contributed by atoms with Gasteiger partial charge in [0.15, 0.2) is 5.03 Å². The van der Waals surface area contributed by atoms with E-state index in [4.69, 9.17) is 9.84 Å². The number of nitrogens with one attached hydrogen (secondary N) is 1. The molecule has 3 unspecified atom stereocenters. The molecule has 1 aromatic rings. The average Bonchev–Trinajstić information content (AvgIpc) is 3.00. The van der Waals surface area contributed by atoms with Crippen LogP contribution in [0.1, 0.15) is 29.6 Å². The zero-order valence-corrected chi connectivity index (χ0v) is 11.3.